The average Bonchev–Trinajstić information content (AvgIpc) is 2.56. The van der Waals surface area contributed by atoms with Gasteiger partial charge in [0.25, 0.3) is 0 Å². The van der Waals surface area contributed by atoms with E-state index in [0.29, 0.717) is 0 Å². The first kappa shape index (κ1) is 6.78. The molecule has 13 heavy (non-hydrogen) atoms. The summed E-state index contributed by atoms with van der Waals surface area (Å²) in [5, 5.41) is 0. The van der Waals surface area contributed by atoms with Crippen molar-refractivity contribution in [3.63, 3.8) is 0 Å². The molecule has 2 aliphatic heterocycles. The minimum absolute atomic E-state index is 0.286. The van der Waals surface area contributed by atoms with Crippen molar-refractivity contribution < 1.29 is 0 Å². The van der Waals surface area contributed by atoms with Crippen LogP contribution in [0.5, 0.6) is 0 Å². The Labute approximate surface area is 76.3 Å². The highest BCUT2D eigenvalue weighted by molar-refractivity contribution is 6.36. The van der Waals surface area contributed by atoms with Gasteiger partial charge in [-0.15, -0.1) is 0 Å². The van der Waals surface area contributed by atoms with Gasteiger partial charge >= 0.3 is 0 Å². The van der Waals surface area contributed by atoms with Crippen LogP contribution < -0.4 is 0 Å². The molecule has 0 saturated carbocycles. The van der Waals surface area contributed by atoms with E-state index in [1.54, 1.807) is 6.20 Å². The SMILES string of the molecule is [C]1=NC=CC2C1=Nc1ccccc12. The molecule has 2 nitrogen and oxygen atoms in total. The lowest BCUT2D eigenvalue weighted by Gasteiger charge is -2.07. The van der Waals surface area contributed by atoms with Crippen molar-refractivity contribution in [2.45, 2.75) is 5.92 Å². The van der Waals surface area contributed by atoms with Gasteiger partial charge < -0.3 is 0 Å². The molecular weight excluding hydrogens is 160 g/mol. The number of benzene rings is 1. The summed E-state index contributed by atoms with van der Waals surface area (Å²) in [5.41, 5.74) is 3.25. The number of rotatable bonds is 0. The molecule has 0 spiro atoms. The molecule has 0 fully saturated rings. The predicted molar refractivity (Wildman–Crippen MR) is 52.9 cm³/mol. The van der Waals surface area contributed by atoms with Crippen molar-refractivity contribution in [2.75, 3.05) is 0 Å². The molecule has 1 atom stereocenters. The van der Waals surface area contributed by atoms with Crippen LogP contribution in [0.15, 0.2) is 46.5 Å². The molecule has 1 aromatic carbocycles. The third-order valence-electron chi connectivity index (χ3n) is 2.34. The molecule has 2 aliphatic rings. The maximum absolute atomic E-state index is 4.43. The van der Waals surface area contributed by atoms with Crippen LogP contribution in [0.25, 0.3) is 0 Å². The molecule has 0 saturated heterocycles. The molecule has 2 heterocycles. The zero-order valence-corrected chi connectivity index (χ0v) is 6.94. The third-order valence-corrected chi connectivity index (χ3v) is 2.34. The second-order valence-corrected chi connectivity index (χ2v) is 3.12. The fourth-order valence-electron chi connectivity index (χ4n) is 1.72. The standard InChI is InChI=1S/C11H7N2/c1-2-4-10-8(3-1)9-5-6-12-7-11(9)13-10/h1-6,9H. The van der Waals surface area contributed by atoms with E-state index >= 15 is 0 Å². The van der Waals surface area contributed by atoms with Crippen molar-refractivity contribution in [2.24, 2.45) is 9.98 Å². The van der Waals surface area contributed by atoms with E-state index in [2.05, 4.69) is 28.3 Å². The molecule has 1 aromatic rings. The molecule has 61 valence electrons. The minimum atomic E-state index is 0.286. The van der Waals surface area contributed by atoms with Crippen LogP contribution in [-0.4, -0.2) is 11.9 Å². The number of aliphatic imine (C=N–C) groups is 2. The molecule has 0 bridgehead atoms. The van der Waals surface area contributed by atoms with Gasteiger partial charge in [0.2, 0.25) is 0 Å². The summed E-state index contributed by atoms with van der Waals surface area (Å²) in [7, 11) is 0. The second kappa shape index (κ2) is 2.39. The summed E-state index contributed by atoms with van der Waals surface area (Å²) in [6.45, 7) is 0. The summed E-state index contributed by atoms with van der Waals surface area (Å²) >= 11 is 0. The molecule has 1 radical (unpaired) electrons. The van der Waals surface area contributed by atoms with E-state index in [4.69, 9.17) is 0 Å². The zero-order valence-electron chi connectivity index (χ0n) is 6.94. The lowest BCUT2D eigenvalue weighted by Crippen LogP contribution is -2.09. The Hall–Kier alpha value is -1.70. The highest BCUT2D eigenvalue weighted by atomic mass is 14.8. The van der Waals surface area contributed by atoms with Gasteiger partial charge in [-0.25, -0.2) is 4.99 Å². The first-order valence-corrected chi connectivity index (χ1v) is 4.25. The van der Waals surface area contributed by atoms with Crippen molar-refractivity contribution >= 4 is 17.6 Å². The second-order valence-electron chi connectivity index (χ2n) is 3.12. The smallest absolute Gasteiger partial charge is 0.113 e. The number of hydrogen-bond donors (Lipinski definition) is 0. The highest BCUT2D eigenvalue weighted by Gasteiger charge is 2.24. The van der Waals surface area contributed by atoms with Gasteiger partial charge in [0.05, 0.1) is 17.3 Å². The number of hydrogen-bond acceptors (Lipinski definition) is 2. The van der Waals surface area contributed by atoms with Crippen molar-refractivity contribution in [1.29, 1.82) is 0 Å². The van der Waals surface area contributed by atoms with Gasteiger partial charge in [-0.3, -0.25) is 4.99 Å². The Kier molecular flexibility index (Phi) is 1.25. The van der Waals surface area contributed by atoms with Crippen LogP contribution in [0.2, 0.25) is 0 Å². The monoisotopic (exact) mass is 167 g/mol. The zero-order chi connectivity index (χ0) is 8.67. The normalized spacial score (nSPS) is 22.5. The van der Waals surface area contributed by atoms with Crippen molar-refractivity contribution in [1.82, 2.24) is 0 Å². The Bertz CT molecular complexity index is 441. The first-order chi connectivity index (χ1) is 6.45. The van der Waals surface area contributed by atoms with Gasteiger partial charge in [-0.05, 0) is 11.6 Å². The Morgan fingerprint density at radius 2 is 2.15 bits per heavy atom. The van der Waals surface area contributed by atoms with Crippen LogP contribution in [0.3, 0.4) is 0 Å². The van der Waals surface area contributed by atoms with Crippen molar-refractivity contribution in [3.8, 4) is 0 Å². The van der Waals surface area contributed by atoms with Gasteiger partial charge in [0, 0.05) is 6.20 Å². The molecule has 3 rings (SSSR count). The van der Waals surface area contributed by atoms with Crippen LogP contribution in [0.4, 0.5) is 5.69 Å². The maximum Gasteiger partial charge on any atom is 0.113 e. The average molecular weight is 167 g/mol. The molecule has 0 aromatic heterocycles. The van der Waals surface area contributed by atoms with Crippen LogP contribution >= 0.6 is 0 Å². The summed E-state index contributed by atoms with van der Waals surface area (Å²) < 4.78 is 0. The molecule has 1 unspecified atom stereocenters. The highest BCUT2D eigenvalue weighted by Crippen LogP contribution is 2.36. The van der Waals surface area contributed by atoms with E-state index in [1.165, 1.54) is 5.56 Å². The van der Waals surface area contributed by atoms with E-state index < -0.39 is 0 Å². The molecule has 2 heteroatoms. The topological polar surface area (TPSA) is 24.7 Å². The van der Waals surface area contributed by atoms with Crippen molar-refractivity contribution in [3.05, 3.63) is 42.1 Å². The number of para-hydroxylation sites is 1. The van der Waals surface area contributed by atoms with Gasteiger partial charge in [0.1, 0.15) is 6.21 Å². The molecule has 0 amide bonds. The minimum Gasteiger partial charge on any atom is -0.253 e. The molecule has 0 N–H and O–H groups in total. The van der Waals surface area contributed by atoms with Crippen LogP contribution in [0.1, 0.15) is 11.5 Å². The van der Waals surface area contributed by atoms with Gasteiger partial charge in [0.15, 0.2) is 0 Å². The fraction of sp³-hybridized carbons (Fsp3) is 0.0909. The van der Waals surface area contributed by atoms with Crippen LogP contribution in [0, 0.1) is 0 Å². The summed E-state index contributed by atoms with van der Waals surface area (Å²) in [4.78, 5) is 8.38. The van der Waals surface area contributed by atoms with E-state index in [-0.39, 0.29) is 5.92 Å². The number of fused-ring (bicyclic) bond motifs is 3. The largest absolute Gasteiger partial charge is 0.253 e. The molecule has 0 aliphatic carbocycles. The Morgan fingerprint density at radius 3 is 3.15 bits per heavy atom. The summed E-state index contributed by atoms with van der Waals surface area (Å²) in [5.74, 6) is 0.286. The Balaban J connectivity index is 2.22. The number of nitrogens with zero attached hydrogens (tertiary/aromatic N) is 2. The first-order valence-electron chi connectivity index (χ1n) is 4.25. The maximum atomic E-state index is 4.43. The fourth-order valence-corrected chi connectivity index (χ4v) is 1.72. The lowest BCUT2D eigenvalue weighted by molar-refractivity contribution is 1.18. The summed E-state index contributed by atoms with van der Waals surface area (Å²) in [6, 6.07) is 8.17. The number of allylic oxidation sites excluding steroid dienone is 1. The van der Waals surface area contributed by atoms with E-state index in [0.717, 1.165) is 11.4 Å². The van der Waals surface area contributed by atoms with Gasteiger partial charge in [-0.1, -0.05) is 24.3 Å². The van der Waals surface area contributed by atoms with Crippen LogP contribution in [-0.2, 0) is 0 Å². The van der Waals surface area contributed by atoms with E-state index in [9.17, 15) is 0 Å². The van der Waals surface area contributed by atoms with E-state index in [1.807, 2.05) is 18.2 Å². The lowest BCUT2D eigenvalue weighted by atomic mass is 9.95. The summed E-state index contributed by atoms with van der Waals surface area (Å²) in [6.07, 6.45) is 6.76. The third kappa shape index (κ3) is 0.886. The Morgan fingerprint density at radius 1 is 1.23 bits per heavy atom. The quantitative estimate of drug-likeness (QED) is 0.566. The predicted octanol–water partition coefficient (Wildman–Crippen LogP) is 2.33. The van der Waals surface area contributed by atoms with Gasteiger partial charge in [-0.2, -0.15) is 0 Å². The molecular formula is C11H7N2.